The smallest absolute Gasteiger partial charge is 0.121 e. The number of ether oxygens (including phenoxy) is 1. The summed E-state index contributed by atoms with van der Waals surface area (Å²) in [5.41, 5.74) is 3.29. The Bertz CT molecular complexity index is 819. The number of methoxy groups -OCH3 is 1. The molecule has 1 aliphatic rings. The third kappa shape index (κ3) is 6.43. The highest BCUT2D eigenvalue weighted by atomic mass is 16.5. The lowest BCUT2D eigenvalue weighted by Gasteiger charge is -2.43. The minimum atomic E-state index is -1.20. The Morgan fingerprint density at radius 2 is 1.69 bits per heavy atom. The number of unbranched alkanes of at least 4 members (excludes halogenated alkanes) is 3. The third-order valence-electron chi connectivity index (χ3n) is 6.17. The van der Waals surface area contributed by atoms with Crippen molar-refractivity contribution in [3.8, 4) is 16.9 Å². The van der Waals surface area contributed by atoms with E-state index in [1.54, 1.807) is 7.11 Å². The second-order valence-electron chi connectivity index (χ2n) is 8.45. The van der Waals surface area contributed by atoms with E-state index in [0.29, 0.717) is 6.54 Å². The minimum Gasteiger partial charge on any atom is -0.497 e. The highest BCUT2D eigenvalue weighted by Gasteiger charge is 2.40. The normalized spacial score (nSPS) is 23.8. The third-order valence-corrected chi connectivity index (χ3v) is 6.17. The summed E-state index contributed by atoms with van der Waals surface area (Å²) < 4.78 is 5.46. The summed E-state index contributed by atoms with van der Waals surface area (Å²) in [4.78, 5) is 1.88. The van der Waals surface area contributed by atoms with Gasteiger partial charge < -0.3 is 30.5 Å². The summed E-state index contributed by atoms with van der Waals surface area (Å²) in [7, 11) is 1.68. The van der Waals surface area contributed by atoms with Crippen LogP contribution in [0.3, 0.4) is 0 Å². The van der Waals surface area contributed by atoms with Crippen molar-refractivity contribution in [2.75, 3.05) is 38.7 Å². The molecule has 0 aromatic heterocycles. The topological polar surface area (TPSA) is 105 Å². The van der Waals surface area contributed by atoms with Crippen LogP contribution in [-0.2, 0) is 0 Å². The number of likely N-dealkylation sites (tertiary alicyclic amines) is 1. The minimum absolute atomic E-state index is 0.236. The first-order chi connectivity index (χ1) is 15.5. The number of hydrogen-bond donors (Lipinski definition) is 5. The maximum atomic E-state index is 10.1. The zero-order valence-corrected chi connectivity index (χ0v) is 18.7. The van der Waals surface area contributed by atoms with Crippen molar-refractivity contribution in [2.45, 2.75) is 50.0 Å². The van der Waals surface area contributed by atoms with E-state index in [2.05, 4.69) is 23.5 Å². The predicted molar refractivity (Wildman–Crippen MR) is 126 cm³/mol. The van der Waals surface area contributed by atoms with E-state index in [1.807, 2.05) is 35.2 Å². The quantitative estimate of drug-likeness (QED) is 0.338. The Morgan fingerprint density at radius 3 is 2.41 bits per heavy atom. The lowest BCUT2D eigenvalue weighted by molar-refractivity contribution is -0.145. The summed E-state index contributed by atoms with van der Waals surface area (Å²) in [5, 5.41) is 42.8. The van der Waals surface area contributed by atoms with Gasteiger partial charge in [-0.05, 0) is 42.6 Å². The molecule has 32 heavy (non-hydrogen) atoms. The van der Waals surface area contributed by atoms with Crippen molar-refractivity contribution >= 4 is 5.69 Å². The van der Waals surface area contributed by atoms with Gasteiger partial charge in [0, 0.05) is 24.8 Å². The Hall–Kier alpha value is -2.16. The number of aliphatic hydroxyl groups excluding tert-OH is 4. The molecule has 0 spiro atoms. The van der Waals surface area contributed by atoms with E-state index >= 15 is 0 Å². The SMILES string of the molecule is COc1cc(NCCCCCCN2C[C@H](O)[C@@H](O)[C@H](O)[C@H]2CO)cc(-c2ccccc2)c1. The highest BCUT2D eigenvalue weighted by Crippen LogP contribution is 2.28. The van der Waals surface area contributed by atoms with Gasteiger partial charge in [-0.1, -0.05) is 43.2 Å². The number of benzene rings is 2. The average Bonchev–Trinajstić information content (AvgIpc) is 2.82. The summed E-state index contributed by atoms with van der Waals surface area (Å²) in [6, 6.07) is 15.9. The molecule has 7 nitrogen and oxygen atoms in total. The van der Waals surface area contributed by atoms with E-state index in [-0.39, 0.29) is 13.2 Å². The molecule has 7 heteroatoms. The molecule has 176 valence electrons. The van der Waals surface area contributed by atoms with Crippen LogP contribution < -0.4 is 10.1 Å². The summed E-state index contributed by atoms with van der Waals surface area (Å²) in [6.45, 7) is 1.56. The molecular weight excluding hydrogens is 408 g/mol. The van der Waals surface area contributed by atoms with Gasteiger partial charge in [0.25, 0.3) is 0 Å². The van der Waals surface area contributed by atoms with Gasteiger partial charge in [0.2, 0.25) is 0 Å². The van der Waals surface area contributed by atoms with Crippen LogP contribution in [0.2, 0.25) is 0 Å². The Labute approximate surface area is 190 Å². The molecule has 0 amide bonds. The first-order valence-electron chi connectivity index (χ1n) is 11.4. The van der Waals surface area contributed by atoms with Crippen molar-refractivity contribution in [2.24, 2.45) is 0 Å². The van der Waals surface area contributed by atoms with Crippen molar-refractivity contribution in [1.82, 2.24) is 4.90 Å². The molecule has 0 saturated carbocycles. The zero-order chi connectivity index (χ0) is 22.9. The number of anilines is 1. The standard InChI is InChI=1S/C25H36N2O5/c1-32-21-14-19(18-9-5-4-6-10-18)13-20(15-21)26-11-7-2-3-8-12-27-16-23(29)25(31)24(30)22(27)17-28/h4-6,9-10,13-15,22-26,28-31H,2-3,7-8,11-12,16-17H2,1H3/t22-,23+,24-,25-/m1/s1. The van der Waals surface area contributed by atoms with Crippen LogP contribution in [0.25, 0.3) is 11.1 Å². The summed E-state index contributed by atoms with van der Waals surface area (Å²) in [6.07, 6.45) is 0.673. The lowest BCUT2D eigenvalue weighted by Crippen LogP contribution is -2.62. The molecule has 1 fully saturated rings. The van der Waals surface area contributed by atoms with Gasteiger partial charge in [-0.15, -0.1) is 0 Å². The first-order valence-corrected chi connectivity index (χ1v) is 11.4. The monoisotopic (exact) mass is 444 g/mol. The molecule has 4 atom stereocenters. The number of nitrogens with one attached hydrogen (secondary N) is 1. The molecule has 2 aromatic rings. The van der Waals surface area contributed by atoms with Crippen molar-refractivity contribution in [3.05, 3.63) is 48.5 Å². The second-order valence-corrected chi connectivity index (χ2v) is 8.45. The summed E-state index contributed by atoms with van der Waals surface area (Å²) >= 11 is 0. The van der Waals surface area contributed by atoms with E-state index in [4.69, 9.17) is 4.74 Å². The fraction of sp³-hybridized carbons (Fsp3) is 0.520. The molecule has 2 aromatic carbocycles. The molecule has 0 aliphatic carbocycles. The van der Waals surface area contributed by atoms with E-state index in [1.165, 1.54) is 0 Å². The maximum Gasteiger partial charge on any atom is 0.121 e. The number of rotatable bonds is 11. The van der Waals surface area contributed by atoms with Gasteiger partial charge in [0.1, 0.15) is 18.0 Å². The second kappa shape index (κ2) is 12.2. The molecule has 1 aliphatic heterocycles. The maximum absolute atomic E-state index is 10.1. The Balaban J connectivity index is 1.40. The average molecular weight is 445 g/mol. The molecule has 5 N–H and O–H groups in total. The van der Waals surface area contributed by atoms with Crippen LogP contribution in [0, 0.1) is 0 Å². The van der Waals surface area contributed by atoms with Crippen molar-refractivity contribution in [3.63, 3.8) is 0 Å². The molecule has 0 unspecified atom stereocenters. The first kappa shape index (κ1) is 24.5. The largest absolute Gasteiger partial charge is 0.497 e. The number of nitrogens with zero attached hydrogens (tertiary/aromatic N) is 1. The van der Waals surface area contributed by atoms with Gasteiger partial charge in [-0.2, -0.15) is 0 Å². The fourth-order valence-corrected chi connectivity index (χ4v) is 4.28. The van der Waals surface area contributed by atoms with Crippen LogP contribution in [0.5, 0.6) is 5.75 Å². The molecular formula is C25H36N2O5. The molecule has 1 saturated heterocycles. The van der Waals surface area contributed by atoms with Gasteiger partial charge in [0.05, 0.1) is 25.9 Å². The summed E-state index contributed by atoms with van der Waals surface area (Å²) in [5.74, 6) is 0.823. The Morgan fingerprint density at radius 1 is 0.938 bits per heavy atom. The predicted octanol–water partition coefficient (Wildman–Crippen LogP) is 2.09. The number of piperidine rings is 1. The molecule has 0 radical (unpaired) electrons. The molecule has 0 bridgehead atoms. The fourth-order valence-electron chi connectivity index (χ4n) is 4.28. The van der Waals surface area contributed by atoms with E-state index < -0.39 is 24.4 Å². The Kier molecular flexibility index (Phi) is 9.32. The van der Waals surface area contributed by atoms with Crippen molar-refractivity contribution in [1.29, 1.82) is 0 Å². The van der Waals surface area contributed by atoms with Gasteiger partial charge in [-0.3, -0.25) is 4.90 Å². The van der Waals surface area contributed by atoms with Crippen molar-refractivity contribution < 1.29 is 25.2 Å². The van der Waals surface area contributed by atoms with Crippen LogP contribution >= 0.6 is 0 Å². The molecule has 3 rings (SSSR count). The molecule has 1 heterocycles. The van der Waals surface area contributed by atoms with E-state index in [9.17, 15) is 20.4 Å². The van der Waals surface area contributed by atoms with Crippen LogP contribution in [0.1, 0.15) is 25.7 Å². The van der Waals surface area contributed by atoms with Gasteiger partial charge in [-0.25, -0.2) is 0 Å². The lowest BCUT2D eigenvalue weighted by atomic mass is 9.94. The zero-order valence-electron chi connectivity index (χ0n) is 18.7. The van der Waals surface area contributed by atoms with Gasteiger partial charge >= 0.3 is 0 Å². The van der Waals surface area contributed by atoms with Crippen LogP contribution in [-0.4, -0.2) is 83.0 Å². The van der Waals surface area contributed by atoms with Crippen LogP contribution in [0.15, 0.2) is 48.5 Å². The van der Waals surface area contributed by atoms with Gasteiger partial charge in [0.15, 0.2) is 0 Å². The number of hydrogen-bond acceptors (Lipinski definition) is 7. The highest BCUT2D eigenvalue weighted by molar-refractivity contribution is 5.70. The number of aliphatic hydroxyl groups is 4. The van der Waals surface area contributed by atoms with E-state index in [0.717, 1.165) is 54.8 Å². The number of β-amino-alcohol motifs (C(OH)–C–C–N with tert-alkyl or cyclic N) is 1. The van der Waals surface area contributed by atoms with Crippen LogP contribution in [0.4, 0.5) is 5.69 Å².